The highest BCUT2D eigenvalue weighted by molar-refractivity contribution is 6.05. The lowest BCUT2D eigenvalue weighted by Crippen LogP contribution is -2.27. The number of carbonyl (C=O) groups is 1. The Balaban J connectivity index is 1.40. The summed E-state index contributed by atoms with van der Waals surface area (Å²) in [5, 5.41) is 0.945. The van der Waals surface area contributed by atoms with Gasteiger partial charge in [0, 0.05) is 48.2 Å². The van der Waals surface area contributed by atoms with Gasteiger partial charge in [-0.1, -0.05) is 24.3 Å². The highest BCUT2D eigenvalue weighted by Crippen LogP contribution is 2.33. The van der Waals surface area contributed by atoms with Crippen molar-refractivity contribution in [1.82, 2.24) is 4.98 Å². The van der Waals surface area contributed by atoms with Gasteiger partial charge in [-0.25, -0.2) is 0 Å². The quantitative estimate of drug-likeness (QED) is 0.699. The number of anilines is 2. The number of benzene rings is 2. The average molecular weight is 385 g/mol. The zero-order valence-corrected chi connectivity index (χ0v) is 16.2. The van der Waals surface area contributed by atoms with Crippen molar-refractivity contribution in [2.75, 3.05) is 29.4 Å². The molecule has 3 heterocycles. The van der Waals surface area contributed by atoms with Crippen molar-refractivity contribution in [3.8, 4) is 0 Å². The molecule has 2 aromatic carbocycles. The summed E-state index contributed by atoms with van der Waals surface area (Å²) >= 11 is 0. The fourth-order valence-corrected chi connectivity index (χ4v) is 4.31. The second-order valence-electron chi connectivity index (χ2n) is 7.72. The maximum Gasteiger partial charge on any atom is 0.255 e. The number of H-pyrrole nitrogens is 1. The minimum Gasteiger partial charge on any atom is -0.371 e. The van der Waals surface area contributed by atoms with Crippen molar-refractivity contribution in [3.63, 3.8) is 0 Å². The van der Waals surface area contributed by atoms with Crippen LogP contribution in [0.25, 0.3) is 17.0 Å². The fraction of sp³-hybridized carbons (Fsp3) is 0.250. The Kier molecular flexibility index (Phi) is 4.43. The zero-order valence-electron chi connectivity index (χ0n) is 16.2. The highest BCUT2D eigenvalue weighted by Gasteiger charge is 2.25. The SMILES string of the molecule is O=C(/C=C/c1cc2ccccc2[nH]c1=O)N1CCc2ccc(N3CCCC3)cc21. The molecule has 0 spiro atoms. The van der Waals surface area contributed by atoms with Crippen LogP contribution in [0, 0.1) is 0 Å². The van der Waals surface area contributed by atoms with E-state index in [-0.39, 0.29) is 11.5 Å². The van der Waals surface area contributed by atoms with Gasteiger partial charge in [-0.15, -0.1) is 0 Å². The molecule has 146 valence electrons. The molecule has 0 radical (unpaired) electrons. The van der Waals surface area contributed by atoms with Crippen LogP contribution in [0.3, 0.4) is 0 Å². The van der Waals surface area contributed by atoms with Crippen LogP contribution < -0.4 is 15.4 Å². The normalized spacial score (nSPS) is 16.1. The molecule has 3 aromatic rings. The van der Waals surface area contributed by atoms with E-state index in [1.165, 1.54) is 30.2 Å². The molecule has 0 atom stereocenters. The molecule has 0 unspecified atom stereocenters. The van der Waals surface area contributed by atoms with E-state index in [1.54, 1.807) is 6.08 Å². The molecule has 1 N–H and O–H groups in total. The van der Waals surface area contributed by atoms with Gasteiger partial charge in [-0.2, -0.15) is 0 Å². The highest BCUT2D eigenvalue weighted by atomic mass is 16.2. The Morgan fingerprint density at radius 3 is 2.69 bits per heavy atom. The van der Waals surface area contributed by atoms with Crippen LogP contribution in [0.2, 0.25) is 0 Å². The molecule has 2 aliphatic heterocycles. The molecule has 1 fully saturated rings. The van der Waals surface area contributed by atoms with Crippen LogP contribution in [-0.2, 0) is 11.2 Å². The number of hydrogen-bond acceptors (Lipinski definition) is 3. The van der Waals surface area contributed by atoms with E-state index in [1.807, 2.05) is 35.2 Å². The lowest BCUT2D eigenvalue weighted by molar-refractivity contribution is -0.114. The van der Waals surface area contributed by atoms with Gasteiger partial charge >= 0.3 is 0 Å². The number of nitrogens with zero attached hydrogens (tertiary/aromatic N) is 2. The average Bonchev–Trinajstić information content (AvgIpc) is 3.41. The minimum absolute atomic E-state index is 0.0881. The van der Waals surface area contributed by atoms with E-state index >= 15 is 0 Å². The maximum atomic E-state index is 12.9. The Morgan fingerprint density at radius 2 is 1.83 bits per heavy atom. The molecule has 1 saturated heterocycles. The number of fused-ring (bicyclic) bond motifs is 2. The van der Waals surface area contributed by atoms with Crippen molar-refractivity contribution >= 4 is 34.3 Å². The number of nitrogens with one attached hydrogen (secondary N) is 1. The predicted molar refractivity (Wildman–Crippen MR) is 118 cm³/mol. The summed E-state index contributed by atoms with van der Waals surface area (Å²) in [7, 11) is 0. The summed E-state index contributed by atoms with van der Waals surface area (Å²) in [4.78, 5) is 32.3. The zero-order chi connectivity index (χ0) is 19.8. The third kappa shape index (κ3) is 3.33. The number of rotatable bonds is 3. The molecule has 1 amide bonds. The number of carbonyl (C=O) groups excluding carboxylic acids is 1. The first-order valence-electron chi connectivity index (χ1n) is 10.2. The molecular weight excluding hydrogens is 362 g/mol. The summed E-state index contributed by atoms with van der Waals surface area (Å²) in [6.07, 6.45) is 6.45. The fourth-order valence-electron chi connectivity index (χ4n) is 4.31. The molecule has 2 aliphatic rings. The van der Waals surface area contributed by atoms with E-state index < -0.39 is 0 Å². The van der Waals surface area contributed by atoms with E-state index in [4.69, 9.17) is 0 Å². The number of para-hydroxylation sites is 1. The number of aromatic amines is 1. The molecule has 5 heteroatoms. The third-order valence-corrected chi connectivity index (χ3v) is 5.89. The Morgan fingerprint density at radius 1 is 1.00 bits per heavy atom. The lowest BCUT2D eigenvalue weighted by Gasteiger charge is -2.21. The largest absolute Gasteiger partial charge is 0.371 e. The molecule has 0 aliphatic carbocycles. The summed E-state index contributed by atoms with van der Waals surface area (Å²) < 4.78 is 0. The molecule has 0 bridgehead atoms. The minimum atomic E-state index is -0.189. The smallest absolute Gasteiger partial charge is 0.255 e. The predicted octanol–water partition coefficient (Wildman–Crippen LogP) is 3.73. The molecule has 5 rings (SSSR count). The van der Waals surface area contributed by atoms with Gasteiger partial charge in [0.1, 0.15) is 0 Å². The first-order chi connectivity index (χ1) is 14.2. The van der Waals surface area contributed by atoms with Gasteiger partial charge in [0.05, 0.1) is 0 Å². The second kappa shape index (κ2) is 7.24. The van der Waals surface area contributed by atoms with Crippen LogP contribution in [0.4, 0.5) is 11.4 Å². The van der Waals surface area contributed by atoms with Crippen molar-refractivity contribution in [3.05, 3.63) is 76.1 Å². The van der Waals surface area contributed by atoms with Crippen molar-refractivity contribution in [1.29, 1.82) is 0 Å². The number of pyridine rings is 1. The standard InChI is InChI=1S/C24H23N3O2/c28-23(10-8-19-15-18-5-1-2-6-21(18)25-24(19)29)27-14-11-17-7-9-20(16-22(17)27)26-12-3-4-13-26/h1-2,5-10,15-16H,3-4,11-14H2,(H,25,29)/b10-8+. The Labute approximate surface area is 169 Å². The third-order valence-electron chi connectivity index (χ3n) is 5.89. The summed E-state index contributed by atoms with van der Waals surface area (Å²) in [6, 6.07) is 15.9. The van der Waals surface area contributed by atoms with Crippen molar-refractivity contribution in [2.45, 2.75) is 19.3 Å². The maximum absolute atomic E-state index is 12.9. The van der Waals surface area contributed by atoms with Crippen LogP contribution >= 0.6 is 0 Å². The summed E-state index contributed by atoms with van der Waals surface area (Å²) in [5.74, 6) is -0.0881. The van der Waals surface area contributed by atoms with E-state index in [9.17, 15) is 9.59 Å². The van der Waals surface area contributed by atoms with Gasteiger partial charge < -0.3 is 14.8 Å². The van der Waals surface area contributed by atoms with Crippen molar-refractivity contribution in [2.24, 2.45) is 0 Å². The molecule has 1 aromatic heterocycles. The Hall–Kier alpha value is -3.34. The van der Waals surface area contributed by atoms with Crippen LogP contribution in [0.15, 0.2) is 59.4 Å². The van der Waals surface area contributed by atoms with Crippen LogP contribution in [0.1, 0.15) is 24.0 Å². The molecule has 5 nitrogen and oxygen atoms in total. The first-order valence-corrected chi connectivity index (χ1v) is 10.2. The monoisotopic (exact) mass is 385 g/mol. The number of hydrogen-bond donors (Lipinski definition) is 1. The topological polar surface area (TPSA) is 56.4 Å². The van der Waals surface area contributed by atoms with Crippen LogP contribution in [-0.4, -0.2) is 30.5 Å². The second-order valence-corrected chi connectivity index (χ2v) is 7.72. The summed E-state index contributed by atoms with van der Waals surface area (Å²) in [5.41, 5.74) is 4.49. The van der Waals surface area contributed by atoms with Crippen molar-refractivity contribution < 1.29 is 4.79 Å². The van der Waals surface area contributed by atoms with Crippen LogP contribution in [0.5, 0.6) is 0 Å². The summed E-state index contributed by atoms with van der Waals surface area (Å²) in [6.45, 7) is 2.84. The van der Waals surface area contributed by atoms with E-state index in [0.717, 1.165) is 36.1 Å². The van der Waals surface area contributed by atoms with E-state index in [0.29, 0.717) is 12.1 Å². The van der Waals surface area contributed by atoms with Gasteiger partial charge in [0.25, 0.3) is 11.5 Å². The first kappa shape index (κ1) is 17.7. The Bertz CT molecular complexity index is 1170. The van der Waals surface area contributed by atoms with Gasteiger partial charge in [0.15, 0.2) is 0 Å². The molecule has 0 saturated carbocycles. The number of aromatic nitrogens is 1. The molecule has 29 heavy (non-hydrogen) atoms. The van der Waals surface area contributed by atoms with Gasteiger partial charge in [-0.3, -0.25) is 9.59 Å². The van der Waals surface area contributed by atoms with E-state index in [2.05, 4.69) is 28.1 Å². The van der Waals surface area contributed by atoms with Gasteiger partial charge in [0.2, 0.25) is 0 Å². The number of amides is 1. The lowest BCUT2D eigenvalue weighted by atomic mass is 10.1. The molecular formula is C24H23N3O2. The van der Waals surface area contributed by atoms with Gasteiger partial charge in [-0.05, 0) is 60.6 Å².